The van der Waals surface area contributed by atoms with Gasteiger partial charge in [0, 0.05) is 25.7 Å². The topological polar surface area (TPSA) is 95.5 Å². The van der Waals surface area contributed by atoms with Gasteiger partial charge in [0.25, 0.3) is 5.09 Å². The Hall–Kier alpha value is -1.40. The molecule has 0 heterocycles. The van der Waals surface area contributed by atoms with Crippen molar-refractivity contribution in [1.29, 1.82) is 0 Å². The average Bonchev–Trinajstić information content (AvgIpc) is 1.78. The van der Waals surface area contributed by atoms with E-state index >= 15 is 0 Å². The first kappa shape index (κ1) is 16.0. The molecule has 90 valence electrons. The SMILES string of the molecule is CC(C)(C)O[N+](=O)[O-].CC(C)(C)[N+](=O)[O-]. The number of nitrogens with zero attached hydrogens (tertiary/aromatic N) is 2. The molecule has 0 bridgehead atoms. The normalized spacial score (nSPS) is 11.1. The zero-order valence-electron chi connectivity index (χ0n) is 9.94. The van der Waals surface area contributed by atoms with Crippen molar-refractivity contribution in [2.45, 2.75) is 52.7 Å². The van der Waals surface area contributed by atoms with Crippen LogP contribution in [-0.2, 0) is 4.84 Å². The van der Waals surface area contributed by atoms with Crippen molar-refractivity contribution in [1.82, 2.24) is 0 Å². The standard InChI is InChI=1S/C4H9NO3.C4H9NO2/c1-4(2,3)8-5(6)7;1-4(2,3)5(6)7/h1-3H3;1-3H3. The molecular formula is C8H18N2O5. The van der Waals surface area contributed by atoms with Crippen molar-refractivity contribution in [2.24, 2.45) is 0 Å². The Balaban J connectivity index is 0. The molecule has 0 amide bonds. The first-order chi connectivity index (χ1) is 6.36. The second-order valence-corrected chi connectivity index (χ2v) is 4.86. The van der Waals surface area contributed by atoms with Crippen molar-refractivity contribution in [3.63, 3.8) is 0 Å². The summed E-state index contributed by atoms with van der Waals surface area (Å²) >= 11 is 0. The summed E-state index contributed by atoms with van der Waals surface area (Å²) in [7, 11) is 0. The summed E-state index contributed by atoms with van der Waals surface area (Å²) in [5.74, 6) is 0. The van der Waals surface area contributed by atoms with E-state index in [1.54, 1.807) is 41.5 Å². The maximum Gasteiger partial charge on any atom is 0.295 e. The van der Waals surface area contributed by atoms with Gasteiger partial charge in [0.2, 0.25) is 5.54 Å². The monoisotopic (exact) mass is 222 g/mol. The molecule has 0 unspecified atom stereocenters. The molecule has 0 aliphatic carbocycles. The largest absolute Gasteiger partial charge is 0.308 e. The Morgan fingerprint density at radius 1 is 0.933 bits per heavy atom. The third-order valence-electron chi connectivity index (χ3n) is 0.896. The highest BCUT2D eigenvalue weighted by atomic mass is 17.0. The van der Waals surface area contributed by atoms with E-state index < -0.39 is 16.2 Å². The van der Waals surface area contributed by atoms with Crippen LogP contribution in [0, 0.1) is 20.2 Å². The van der Waals surface area contributed by atoms with Crippen LogP contribution in [0.5, 0.6) is 0 Å². The molecule has 0 atom stereocenters. The molecule has 0 saturated heterocycles. The first-order valence-electron chi connectivity index (χ1n) is 4.34. The third-order valence-corrected chi connectivity index (χ3v) is 0.896. The Morgan fingerprint density at radius 3 is 1.20 bits per heavy atom. The molecule has 0 spiro atoms. The van der Waals surface area contributed by atoms with Gasteiger partial charge in [-0.1, -0.05) is 0 Å². The molecule has 7 nitrogen and oxygen atoms in total. The van der Waals surface area contributed by atoms with Crippen LogP contribution < -0.4 is 0 Å². The molecule has 0 aromatic rings. The lowest BCUT2D eigenvalue weighted by molar-refractivity contribution is -0.778. The van der Waals surface area contributed by atoms with Crippen molar-refractivity contribution >= 4 is 0 Å². The van der Waals surface area contributed by atoms with E-state index in [9.17, 15) is 20.2 Å². The van der Waals surface area contributed by atoms with E-state index in [0.29, 0.717) is 0 Å². The van der Waals surface area contributed by atoms with Gasteiger partial charge in [0.15, 0.2) is 0 Å². The molecule has 0 radical (unpaired) electrons. The van der Waals surface area contributed by atoms with Gasteiger partial charge >= 0.3 is 0 Å². The first-order valence-corrected chi connectivity index (χ1v) is 4.34. The summed E-state index contributed by atoms with van der Waals surface area (Å²) in [6.07, 6.45) is 0. The lowest BCUT2D eigenvalue weighted by Crippen LogP contribution is -2.25. The molecule has 0 saturated carbocycles. The molecule has 15 heavy (non-hydrogen) atoms. The molecule has 0 aliphatic rings. The summed E-state index contributed by atoms with van der Waals surface area (Å²) in [6, 6.07) is 0. The molecule has 0 rings (SSSR count). The minimum Gasteiger partial charge on any atom is -0.308 e. The lowest BCUT2D eigenvalue weighted by atomic mass is 10.1. The van der Waals surface area contributed by atoms with Crippen molar-refractivity contribution in [3.8, 4) is 0 Å². The number of nitro groups is 1. The second-order valence-electron chi connectivity index (χ2n) is 4.86. The van der Waals surface area contributed by atoms with Gasteiger partial charge in [-0.3, -0.25) is 10.1 Å². The van der Waals surface area contributed by atoms with Crippen molar-refractivity contribution in [2.75, 3.05) is 0 Å². The van der Waals surface area contributed by atoms with Crippen LogP contribution in [0.2, 0.25) is 0 Å². The predicted molar refractivity (Wildman–Crippen MR) is 54.6 cm³/mol. The number of hydrogen-bond donors (Lipinski definition) is 0. The van der Waals surface area contributed by atoms with Crippen molar-refractivity contribution in [3.05, 3.63) is 20.2 Å². The van der Waals surface area contributed by atoms with Crippen LogP contribution in [0.4, 0.5) is 0 Å². The van der Waals surface area contributed by atoms with Crippen LogP contribution in [0.25, 0.3) is 0 Å². The maximum absolute atomic E-state index is 9.83. The minimum absolute atomic E-state index is 0.312. The van der Waals surface area contributed by atoms with Gasteiger partial charge in [0.1, 0.15) is 5.60 Å². The van der Waals surface area contributed by atoms with Crippen molar-refractivity contribution < 1.29 is 14.8 Å². The van der Waals surface area contributed by atoms with E-state index in [0.717, 1.165) is 0 Å². The zero-order chi connectivity index (χ0) is 12.9. The third kappa shape index (κ3) is 15.4. The van der Waals surface area contributed by atoms with Gasteiger partial charge in [-0.05, 0) is 20.8 Å². The maximum atomic E-state index is 9.83. The van der Waals surface area contributed by atoms with E-state index in [4.69, 9.17) is 0 Å². The highest BCUT2D eigenvalue weighted by Gasteiger charge is 2.21. The van der Waals surface area contributed by atoms with Gasteiger partial charge in [-0.2, -0.15) is 0 Å². The van der Waals surface area contributed by atoms with Crippen LogP contribution in [0.15, 0.2) is 0 Å². The molecule has 7 heteroatoms. The molecule has 0 aromatic heterocycles. The summed E-state index contributed by atoms with van der Waals surface area (Å²) in [6.45, 7) is 9.55. The highest BCUT2D eigenvalue weighted by Crippen LogP contribution is 2.05. The van der Waals surface area contributed by atoms with E-state index in [1.165, 1.54) is 0 Å². The second kappa shape index (κ2) is 5.47. The Bertz CT molecular complexity index is 226. The summed E-state index contributed by atoms with van der Waals surface area (Å²) in [5, 5.41) is 18.6. The summed E-state index contributed by atoms with van der Waals surface area (Å²) < 4.78 is 0. The summed E-state index contributed by atoms with van der Waals surface area (Å²) in [4.78, 5) is 23.3. The lowest BCUT2D eigenvalue weighted by Gasteiger charge is -2.13. The highest BCUT2D eigenvalue weighted by molar-refractivity contribution is 4.54. The van der Waals surface area contributed by atoms with Gasteiger partial charge in [-0.25, -0.2) is 0 Å². The van der Waals surface area contributed by atoms with Gasteiger partial charge in [-0.15, -0.1) is 10.1 Å². The molecule has 0 N–H and O–H groups in total. The zero-order valence-corrected chi connectivity index (χ0v) is 9.94. The Labute approximate surface area is 88.7 Å². The van der Waals surface area contributed by atoms with Crippen LogP contribution >= 0.6 is 0 Å². The fraction of sp³-hybridized carbons (Fsp3) is 1.00. The predicted octanol–water partition coefficient (Wildman–Crippen LogP) is 2.05. The van der Waals surface area contributed by atoms with E-state index in [1.807, 2.05) is 0 Å². The number of rotatable bonds is 1. The van der Waals surface area contributed by atoms with Gasteiger partial charge < -0.3 is 4.84 Å². The van der Waals surface area contributed by atoms with Crippen LogP contribution in [0.3, 0.4) is 0 Å². The molecule has 0 fully saturated rings. The smallest absolute Gasteiger partial charge is 0.295 e. The number of hydrogen-bond acceptors (Lipinski definition) is 5. The van der Waals surface area contributed by atoms with Gasteiger partial charge in [0.05, 0.1) is 0 Å². The van der Waals surface area contributed by atoms with E-state index in [2.05, 4.69) is 4.84 Å². The quantitative estimate of drug-likeness (QED) is 0.499. The molecule has 0 aliphatic heterocycles. The fourth-order valence-corrected chi connectivity index (χ4v) is 0.224. The fourth-order valence-electron chi connectivity index (χ4n) is 0.224. The van der Waals surface area contributed by atoms with E-state index in [-0.39, 0.29) is 4.92 Å². The molecular weight excluding hydrogens is 204 g/mol. The Kier molecular flexibility index (Phi) is 5.86. The average molecular weight is 222 g/mol. The summed E-state index contributed by atoms with van der Waals surface area (Å²) in [5.41, 5.74) is -1.45. The molecule has 0 aromatic carbocycles. The Morgan fingerprint density at radius 2 is 1.20 bits per heavy atom. The minimum atomic E-state index is -0.792. The van der Waals surface area contributed by atoms with Crippen LogP contribution in [-0.4, -0.2) is 21.1 Å². The van der Waals surface area contributed by atoms with Crippen LogP contribution in [0.1, 0.15) is 41.5 Å².